The number of aromatic nitrogens is 2. The summed E-state index contributed by atoms with van der Waals surface area (Å²) in [6.07, 6.45) is 2.98. The molecule has 0 bridgehead atoms. The van der Waals surface area contributed by atoms with Crippen LogP contribution in [-0.2, 0) is 21.4 Å². The summed E-state index contributed by atoms with van der Waals surface area (Å²) >= 11 is 5.95. The molecular formula is C20H19ClN4O4S. The Morgan fingerprint density at radius 2 is 1.90 bits per heavy atom. The molecule has 0 spiro atoms. The molecule has 1 saturated heterocycles. The molecule has 2 heterocycles. The number of carbonyl (C=O) groups is 1. The molecule has 156 valence electrons. The fraction of sp³-hybridized carbons (Fsp3) is 0.250. The summed E-state index contributed by atoms with van der Waals surface area (Å²) in [6, 6.07) is 10.9. The molecule has 3 aromatic rings. The van der Waals surface area contributed by atoms with Crippen LogP contribution in [0.25, 0.3) is 10.9 Å². The number of carbonyl (C=O) groups excluding carboxylic acids is 1. The zero-order valence-electron chi connectivity index (χ0n) is 15.9. The van der Waals surface area contributed by atoms with Gasteiger partial charge in [-0.05, 0) is 49.2 Å². The molecule has 0 atom stereocenters. The van der Waals surface area contributed by atoms with Gasteiger partial charge < -0.3 is 5.32 Å². The minimum Gasteiger partial charge on any atom is -0.324 e. The number of amides is 1. The second-order valence-electron chi connectivity index (χ2n) is 7.03. The van der Waals surface area contributed by atoms with Crippen LogP contribution < -0.4 is 10.9 Å². The number of benzene rings is 2. The lowest BCUT2D eigenvalue weighted by molar-refractivity contribution is -0.116. The molecule has 4 rings (SSSR count). The number of nitrogens with zero attached hydrogens (tertiary/aromatic N) is 3. The lowest BCUT2D eigenvalue weighted by atomic mass is 10.2. The summed E-state index contributed by atoms with van der Waals surface area (Å²) in [6.45, 7) is 0.735. The quantitative estimate of drug-likeness (QED) is 0.648. The summed E-state index contributed by atoms with van der Waals surface area (Å²) in [5.74, 6) is -0.476. The minimum atomic E-state index is -3.59. The normalized spacial score (nSPS) is 14.8. The highest BCUT2D eigenvalue weighted by atomic mass is 35.5. The van der Waals surface area contributed by atoms with Crippen LogP contribution in [0.1, 0.15) is 12.8 Å². The lowest BCUT2D eigenvalue weighted by Crippen LogP contribution is -2.29. The molecule has 1 fully saturated rings. The van der Waals surface area contributed by atoms with E-state index in [4.69, 9.17) is 11.6 Å². The second-order valence-corrected chi connectivity index (χ2v) is 9.40. The van der Waals surface area contributed by atoms with Gasteiger partial charge in [-0.25, -0.2) is 13.4 Å². The number of halogens is 1. The van der Waals surface area contributed by atoms with E-state index in [2.05, 4.69) is 10.3 Å². The van der Waals surface area contributed by atoms with E-state index in [9.17, 15) is 18.0 Å². The number of rotatable bonds is 5. The summed E-state index contributed by atoms with van der Waals surface area (Å²) in [4.78, 5) is 29.4. The van der Waals surface area contributed by atoms with Crippen molar-refractivity contribution in [2.24, 2.45) is 0 Å². The van der Waals surface area contributed by atoms with Gasteiger partial charge in [0.05, 0.1) is 22.1 Å². The van der Waals surface area contributed by atoms with Crippen LogP contribution in [0.3, 0.4) is 0 Å². The van der Waals surface area contributed by atoms with Crippen LogP contribution in [0, 0.1) is 0 Å². The highest BCUT2D eigenvalue weighted by Crippen LogP contribution is 2.23. The van der Waals surface area contributed by atoms with Gasteiger partial charge in [-0.15, -0.1) is 0 Å². The first-order valence-corrected chi connectivity index (χ1v) is 11.2. The van der Waals surface area contributed by atoms with E-state index >= 15 is 0 Å². The Labute approximate surface area is 178 Å². The maximum Gasteiger partial charge on any atom is 0.261 e. The van der Waals surface area contributed by atoms with Gasteiger partial charge in [-0.2, -0.15) is 4.31 Å². The van der Waals surface area contributed by atoms with Gasteiger partial charge >= 0.3 is 0 Å². The fourth-order valence-corrected chi connectivity index (χ4v) is 5.15. The third-order valence-corrected chi connectivity index (χ3v) is 7.05. The highest BCUT2D eigenvalue weighted by molar-refractivity contribution is 7.89. The first-order chi connectivity index (χ1) is 14.3. The molecule has 0 radical (unpaired) electrons. The van der Waals surface area contributed by atoms with Gasteiger partial charge in [0.25, 0.3) is 5.56 Å². The highest BCUT2D eigenvalue weighted by Gasteiger charge is 2.27. The van der Waals surface area contributed by atoms with Crippen molar-refractivity contribution < 1.29 is 13.2 Å². The summed E-state index contributed by atoms with van der Waals surface area (Å²) in [5, 5.41) is 3.36. The molecular weight excluding hydrogens is 428 g/mol. The van der Waals surface area contributed by atoms with E-state index in [0.29, 0.717) is 34.7 Å². The predicted molar refractivity (Wildman–Crippen MR) is 114 cm³/mol. The van der Waals surface area contributed by atoms with Crippen molar-refractivity contribution in [1.82, 2.24) is 13.9 Å². The van der Waals surface area contributed by atoms with Gasteiger partial charge in [-0.3, -0.25) is 14.2 Å². The molecule has 0 unspecified atom stereocenters. The van der Waals surface area contributed by atoms with E-state index in [1.54, 1.807) is 24.3 Å². The largest absolute Gasteiger partial charge is 0.324 e. The minimum absolute atomic E-state index is 0.126. The van der Waals surface area contributed by atoms with Crippen LogP contribution in [-0.4, -0.2) is 41.3 Å². The van der Waals surface area contributed by atoms with E-state index in [-0.39, 0.29) is 17.0 Å². The summed E-state index contributed by atoms with van der Waals surface area (Å²) in [7, 11) is -3.59. The monoisotopic (exact) mass is 446 g/mol. The van der Waals surface area contributed by atoms with E-state index in [0.717, 1.165) is 12.8 Å². The fourth-order valence-electron chi connectivity index (χ4n) is 3.41. The molecule has 10 heteroatoms. The van der Waals surface area contributed by atoms with Gasteiger partial charge in [0, 0.05) is 23.8 Å². The Hall–Kier alpha value is -2.75. The first kappa shape index (κ1) is 20.5. The third-order valence-electron chi connectivity index (χ3n) is 4.92. The molecule has 1 aromatic heterocycles. The number of anilines is 1. The SMILES string of the molecule is O=C(Cn1cnc2ccc(Cl)cc2c1=O)Nc1cccc(S(=O)(=O)N2CCCC2)c1. The van der Waals surface area contributed by atoms with Crippen molar-refractivity contribution in [2.75, 3.05) is 18.4 Å². The molecule has 1 aliphatic rings. The molecule has 0 saturated carbocycles. The smallest absolute Gasteiger partial charge is 0.261 e. The van der Waals surface area contributed by atoms with Crippen molar-refractivity contribution in [2.45, 2.75) is 24.3 Å². The molecule has 1 amide bonds. The standard InChI is InChI=1S/C20H19ClN4O4S/c21-14-6-7-18-17(10-14)20(27)24(13-22-18)12-19(26)23-15-4-3-5-16(11-15)30(28,29)25-8-1-2-9-25/h3-7,10-11,13H,1-2,8-9,12H2,(H,23,26). The van der Waals surface area contributed by atoms with Gasteiger partial charge in [0.1, 0.15) is 6.54 Å². The zero-order valence-corrected chi connectivity index (χ0v) is 17.5. The van der Waals surface area contributed by atoms with E-state index in [1.807, 2.05) is 0 Å². The summed E-state index contributed by atoms with van der Waals surface area (Å²) in [5.41, 5.74) is 0.439. The van der Waals surface area contributed by atoms with Crippen molar-refractivity contribution in [3.63, 3.8) is 0 Å². The molecule has 1 aliphatic heterocycles. The van der Waals surface area contributed by atoms with Crippen molar-refractivity contribution in [1.29, 1.82) is 0 Å². The Morgan fingerprint density at radius 3 is 2.67 bits per heavy atom. The van der Waals surface area contributed by atoms with E-state index in [1.165, 1.54) is 33.4 Å². The topological polar surface area (TPSA) is 101 Å². The predicted octanol–water partition coefficient (Wildman–Crippen LogP) is 2.47. The van der Waals surface area contributed by atoms with Crippen LogP contribution in [0.5, 0.6) is 0 Å². The Bertz CT molecular complexity index is 1280. The number of hydrogen-bond donors (Lipinski definition) is 1. The Balaban J connectivity index is 1.53. The third kappa shape index (κ3) is 4.09. The number of nitrogens with one attached hydrogen (secondary N) is 1. The van der Waals surface area contributed by atoms with Crippen LogP contribution >= 0.6 is 11.6 Å². The average Bonchev–Trinajstić information content (AvgIpc) is 3.26. The van der Waals surface area contributed by atoms with Gasteiger partial charge in [0.2, 0.25) is 15.9 Å². The van der Waals surface area contributed by atoms with Crippen molar-refractivity contribution in [3.05, 3.63) is 64.2 Å². The Morgan fingerprint density at radius 1 is 1.13 bits per heavy atom. The van der Waals surface area contributed by atoms with Crippen molar-refractivity contribution >= 4 is 44.1 Å². The number of fused-ring (bicyclic) bond motifs is 1. The lowest BCUT2D eigenvalue weighted by Gasteiger charge is -2.16. The average molecular weight is 447 g/mol. The summed E-state index contributed by atoms with van der Waals surface area (Å²) < 4.78 is 28.0. The maximum absolute atomic E-state index is 12.7. The number of sulfonamides is 1. The van der Waals surface area contributed by atoms with Crippen LogP contribution in [0.2, 0.25) is 5.02 Å². The van der Waals surface area contributed by atoms with Gasteiger partial charge in [0.15, 0.2) is 0 Å². The number of hydrogen-bond acceptors (Lipinski definition) is 5. The zero-order chi connectivity index (χ0) is 21.3. The van der Waals surface area contributed by atoms with E-state index < -0.39 is 15.9 Å². The van der Waals surface area contributed by atoms with Crippen LogP contribution in [0.15, 0.2) is 58.5 Å². The Kier molecular flexibility index (Phi) is 5.59. The molecule has 2 aromatic carbocycles. The van der Waals surface area contributed by atoms with Crippen LogP contribution in [0.4, 0.5) is 5.69 Å². The second kappa shape index (κ2) is 8.17. The molecule has 0 aliphatic carbocycles. The van der Waals surface area contributed by atoms with Crippen molar-refractivity contribution in [3.8, 4) is 0 Å². The molecule has 1 N–H and O–H groups in total. The first-order valence-electron chi connectivity index (χ1n) is 9.39. The maximum atomic E-state index is 12.7. The molecule has 8 nitrogen and oxygen atoms in total. The van der Waals surface area contributed by atoms with Gasteiger partial charge in [-0.1, -0.05) is 17.7 Å². The molecule has 30 heavy (non-hydrogen) atoms.